The van der Waals surface area contributed by atoms with Gasteiger partial charge in [-0.2, -0.15) is 0 Å². The summed E-state index contributed by atoms with van der Waals surface area (Å²) in [6.07, 6.45) is 1.53. The SMILES string of the molecule is CN1CCCCN1c1ccc(NC(=O)C2(NC(=O)Oc3ccc(Cl)s3)CCOC2)cc1F. The molecule has 8 nitrogen and oxygen atoms in total. The standard InChI is InChI=1S/C21H24ClFN4O4S/c1-26-9-2-3-10-27(26)16-5-4-14(12-15(16)23)24-19(28)21(8-11-30-13-21)25-20(29)31-18-7-6-17(22)32-18/h4-7,12H,2-3,8-11,13H2,1H3,(H,24,28)(H,25,29). The molecule has 0 aliphatic carbocycles. The minimum absolute atomic E-state index is 0.0156. The van der Waals surface area contributed by atoms with Gasteiger partial charge in [-0.25, -0.2) is 14.2 Å². The van der Waals surface area contributed by atoms with Crippen molar-refractivity contribution in [1.82, 2.24) is 10.3 Å². The molecule has 2 N–H and O–H groups in total. The molecule has 1 aromatic heterocycles. The molecule has 3 heterocycles. The highest BCUT2D eigenvalue weighted by molar-refractivity contribution is 7.17. The van der Waals surface area contributed by atoms with Crippen LogP contribution >= 0.6 is 22.9 Å². The van der Waals surface area contributed by atoms with Crippen LogP contribution in [0.1, 0.15) is 19.3 Å². The van der Waals surface area contributed by atoms with Crippen molar-refractivity contribution in [1.29, 1.82) is 0 Å². The van der Waals surface area contributed by atoms with Crippen LogP contribution in [0.4, 0.5) is 20.6 Å². The lowest BCUT2D eigenvalue weighted by molar-refractivity contribution is -0.122. The second-order valence-electron chi connectivity index (χ2n) is 7.79. The van der Waals surface area contributed by atoms with Gasteiger partial charge in [0, 0.05) is 38.9 Å². The Kier molecular flexibility index (Phi) is 6.85. The molecule has 0 spiro atoms. The normalized spacial score (nSPS) is 21.4. The Balaban J connectivity index is 1.44. The van der Waals surface area contributed by atoms with Crippen molar-refractivity contribution in [2.24, 2.45) is 0 Å². The van der Waals surface area contributed by atoms with Gasteiger partial charge in [0.05, 0.1) is 16.6 Å². The summed E-state index contributed by atoms with van der Waals surface area (Å²) >= 11 is 6.95. The van der Waals surface area contributed by atoms with Crippen LogP contribution in [0, 0.1) is 5.82 Å². The van der Waals surface area contributed by atoms with Crippen molar-refractivity contribution in [3.8, 4) is 5.06 Å². The summed E-state index contributed by atoms with van der Waals surface area (Å²) in [4.78, 5) is 25.4. The summed E-state index contributed by atoms with van der Waals surface area (Å²) in [5, 5.41) is 9.50. The van der Waals surface area contributed by atoms with E-state index in [1.807, 2.05) is 17.1 Å². The van der Waals surface area contributed by atoms with Crippen LogP contribution in [-0.2, 0) is 9.53 Å². The van der Waals surface area contributed by atoms with Crippen molar-refractivity contribution >= 4 is 46.3 Å². The molecule has 4 rings (SSSR count). The van der Waals surface area contributed by atoms with Gasteiger partial charge in [0.1, 0.15) is 11.4 Å². The number of thiophene rings is 1. The number of carbonyl (C=O) groups excluding carboxylic acids is 2. The number of hydrogen-bond donors (Lipinski definition) is 2. The fourth-order valence-electron chi connectivity index (χ4n) is 3.81. The van der Waals surface area contributed by atoms with Gasteiger partial charge < -0.3 is 25.1 Å². The Labute approximate surface area is 194 Å². The maximum absolute atomic E-state index is 14.8. The van der Waals surface area contributed by atoms with Gasteiger partial charge in [-0.1, -0.05) is 22.9 Å². The van der Waals surface area contributed by atoms with Crippen LogP contribution in [0.15, 0.2) is 30.3 Å². The minimum atomic E-state index is -1.32. The number of anilines is 2. The summed E-state index contributed by atoms with van der Waals surface area (Å²) < 4.78 is 25.9. The summed E-state index contributed by atoms with van der Waals surface area (Å²) in [6.45, 7) is 1.88. The number of nitrogens with zero attached hydrogens (tertiary/aromatic N) is 2. The molecule has 2 aliphatic rings. The van der Waals surface area contributed by atoms with E-state index in [2.05, 4.69) is 10.6 Å². The first-order chi connectivity index (χ1) is 15.4. The molecule has 1 unspecified atom stereocenters. The van der Waals surface area contributed by atoms with Crippen LogP contribution < -0.4 is 20.4 Å². The predicted octanol–water partition coefficient (Wildman–Crippen LogP) is 3.87. The summed E-state index contributed by atoms with van der Waals surface area (Å²) in [6, 6.07) is 7.75. The van der Waals surface area contributed by atoms with E-state index in [1.165, 1.54) is 6.07 Å². The molecule has 0 radical (unpaired) electrons. The van der Waals surface area contributed by atoms with Crippen LogP contribution in [0.2, 0.25) is 4.34 Å². The first-order valence-corrected chi connectivity index (χ1v) is 11.5. The highest BCUT2D eigenvalue weighted by Crippen LogP contribution is 2.30. The molecule has 32 heavy (non-hydrogen) atoms. The first-order valence-electron chi connectivity index (χ1n) is 10.3. The van der Waals surface area contributed by atoms with Crippen molar-refractivity contribution in [2.45, 2.75) is 24.8 Å². The lowest BCUT2D eigenvalue weighted by Gasteiger charge is -2.37. The monoisotopic (exact) mass is 482 g/mol. The molecule has 2 aliphatic heterocycles. The summed E-state index contributed by atoms with van der Waals surface area (Å²) in [5.41, 5.74) is -0.566. The lowest BCUT2D eigenvalue weighted by atomic mass is 9.97. The summed E-state index contributed by atoms with van der Waals surface area (Å²) in [5.74, 6) is -0.936. The van der Waals surface area contributed by atoms with E-state index in [0.29, 0.717) is 27.4 Å². The Morgan fingerprint density at radius 1 is 1.25 bits per heavy atom. The molecule has 2 aromatic rings. The largest absolute Gasteiger partial charge is 0.414 e. The second kappa shape index (κ2) is 9.62. The molecule has 11 heteroatoms. The van der Waals surface area contributed by atoms with Gasteiger partial charge in [0.25, 0.3) is 5.91 Å². The third-order valence-corrected chi connectivity index (χ3v) is 6.65. The fraction of sp³-hybridized carbons (Fsp3) is 0.429. The smallest absolute Gasteiger partial charge is 0.399 e. The van der Waals surface area contributed by atoms with Gasteiger partial charge in [0.15, 0.2) is 5.06 Å². The quantitative estimate of drug-likeness (QED) is 0.673. The first kappa shape index (κ1) is 22.8. The Morgan fingerprint density at radius 3 is 2.72 bits per heavy atom. The van der Waals surface area contributed by atoms with Crippen molar-refractivity contribution in [3.63, 3.8) is 0 Å². The van der Waals surface area contributed by atoms with Crippen LogP contribution in [0.5, 0.6) is 5.06 Å². The Morgan fingerprint density at radius 2 is 2.06 bits per heavy atom. The van der Waals surface area contributed by atoms with Crippen molar-refractivity contribution in [3.05, 3.63) is 40.5 Å². The van der Waals surface area contributed by atoms with Crippen LogP contribution in [0.25, 0.3) is 0 Å². The van der Waals surface area contributed by atoms with E-state index in [9.17, 15) is 14.0 Å². The van der Waals surface area contributed by atoms with E-state index in [4.69, 9.17) is 21.1 Å². The van der Waals surface area contributed by atoms with Gasteiger partial charge in [-0.3, -0.25) is 4.79 Å². The number of ether oxygens (including phenoxy) is 2. The van der Waals surface area contributed by atoms with E-state index in [1.54, 1.807) is 24.3 Å². The molecule has 172 valence electrons. The number of halogens is 2. The third kappa shape index (κ3) is 4.98. The zero-order valence-electron chi connectivity index (χ0n) is 17.5. The van der Waals surface area contributed by atoms with Gasteiger partial charge in [-0.05, 0) is 43.2 Å². The number of rotatable bonds is 5. The molecule has 1 aromatic carbocycles. The maximum atomic E-state index is 14.8. The van der Waals surface area contributed by atoms with E-state index >= 15 is 0 Å². The predicted molar refractivity (Wildman–Crippen MR) is 121 cm³/mol. The highest BCUT2D eigenvalue weighted by Gasteiger charge is 2.44. The number of hydrogen-bond acceptors (Lipinski definition) is 7. The Bertz CT molecular complexity index is 998. The second-order valence-corrected chi connectivity index (χ2v) is 9.47. The molecule has 2 fully saturated rings. The topological polar surface area (TPSA) is 83.1 Å². The van der Waals surface area contributed by atoms with E-state index in [0.717, 1.165) is 37.3 Å². The van der Waals surface area contributed by atoms with Gasteiger partial charge in [0.2, 0.25) is 0 Å². The highest BCUT2D eigenvalue weighted by atomic mass is 35.5. The van der Waals surface area contributed by atoms with Crippen molar-refractivity contribution < 1.29 is 23.5 Å². The molecular weight excluding hydrogens is 459 g/mol. The minimum Gasteiger partial charge on any atom is -0.399 e. The van der Waals surface area contributed by atoms with Crippen molar-refractivity contribution in [2.75, 3.05) is 43.7 Å². The van der Waals surface area contributed by atoms with E-state index in [-0.39, 0.29) is 13.0 Å². The van der Waals surface area contributed by atoms with Crippen LogP contribution in [0.3, 0.4) is 0 Å². The van der Waals surface area contributed by atoms with Crippen LogP contribution in [-0.4, -0.2) is 55.9 Å². The number of amides is 2. The maximum Gasteiger partial charge on any atom is 0.414 e. The molecule has 2 saturated heterocycles. The number of benzene rings is 1. The third-order valence-electron chi connectivity index (χ3n) is 5.54. The van der Waals surface area contributed by atoms with Gasteiger partial charge >= 0.3 is 6.09 Å². The van der Waals surface area contributed by atoms with E-state index < -0.39 is 23.4 Å². The zero-order valence-corrected chi connectivity index (χ0v) is 19.1. The lowest BCUT2D eigenvalue weighted by Crippen LogP contribution is -2.58. The number of nitrogens with one attached hydrogen (secondary N) is 2. The fourth-order valence-corrected chi connectivity index (χ4v) is 4.68. The molecule has 1 atom stereocenters. The summed E-state index contributed by atoms with van der Waals surface area (Å²) in [7, 11) is 1.92. The number of carbonyl (C=O) groups is 2. The molecular formula is C21H24ClFN4O4S. The average Bonchev–Trinajstić information content (AvgIpc) is 3.38. The Hall–Kier alpha value is -2.40. The zero-order chi connectivity index (χ0) is 22.7. The number of hydrazine groups is 1. The molecule has 2 amide bonds. The average molecular weight is 483 g/mol. The van der Waals surface area contributed by atoms with Gasteiger partial charge in [-0.15, -0.1) is 0 Å². The molecule has 0 saturated carbocycles. The molecule has 0 bridgehead atoms.